The van der Waals surface area contributed by atoms with Gasteiger partial charge in [0.25, 0.3) is 5.91 Å². The average molecular weight is 272 g/mol. The topological polar surface area (TPSA) is 41.1 Å². The molecule has 1 aromatic carbocycles. The highest BCUT2D eigenvalue weighted by atomic mass is 16.1. The molecule has 1 aliphatic carbocycles. The van der Waals surface area contributed by atoms with E-state index in [0.717, 1.165) is 25.1 Å². The van der Waals surface area contributed by atoms with E-state index in [1.54, 1.807) is 0 Å². The van der Waals surface area contributed by atoms with E-state index in [0.29, 0.717) is 12.0 Å². The van der Waals surface area contributed by atoms with Crippen molar-refractivity contribution >= 4 is 5.91 Å². The number of nitrogens with one attached hydrogen (secondary N) is 2. The van der Waals surface area contributed by atoms with Gasteiger partial charge in [-0.3, -0.25) is 4.79 Å². The molecule has 3 rings (SSSR count). The lowest BCUT2D eigenvalue weighted by atomic mass is 9.96. The first-order valence-electron chi connectivity index (χ1n) is 7.87. The first-order valence-corrected chi connectivity index (χ1v) is 7.87. The van der Waals surface area contributed by atoms with Gasteiger partial charge in [-0.05, 0) is 42.0 Å². The van der Waals surface area contributed by atoms with Crippen molar-refractivity contribution in [1.82, 2.24) is 10.6 Å². The third-order valence-corrected chi connectivity index (χ3v) is 4.78. The van der Waals surface area contributed by atoms with Gasteiger partial charge in [-0.25, -0.2) is 0 Å². The zero-order chi connectivity index (χ0) is 13.9. The molecular weight excluding hydrogens is 248 g/mol. The predicted octanol–water partition coefficient (Wildman–Crippen LogP) is 2.99. The van der Waals surface area contributed by atoms with E-state index in [1.165, 1.54) is 36.8 Å². The summed E-state index contributed by atoms with van der Waals surface area (Å²) in [7, 11) is 0. The first-order chi connectivity index (χ1) is 9.74. The first kappa shape index (κ1) is 13.6. The smallest absolute Gasteiger partial charge is 0.251 e. The summed E-state index contributed by atoms with van der Waals surface area (Å²) >= 11 is 0. The van der Waals surface area contributed by atoms with Gasteiger partial charge in [0.1, 0.15) is 0 Å². The van der Waals surface area contributed by atoms with E-state index in [2.05, 4.69) is 23.6 Å². The summed E-state index contributed by atoms with van der Waals surface area (Å²) in [6.45, 7) is 4.08. The zero-order valence-electron chi connectivity index (χ0n) is 12.2. The molecule has 0 aromatic heterocycles. The quantitative estimate of drug-likeness (QED) is 0.813. The molecule has 1 saturated carbocycles. The van der Waals surface area contributed by atoms with Crippen molar-refractivity contribution in [3.05, 3.63) is 34.9 Å². The third-order valence-electron chi connectivity index (χ3n) is 4.78. The van der Waals surface area contributed by atoms with Crippen molar-refractivity contribution in [2.24, 2.45) is 5.92 Å². The lowest BCUT2D eigenvalue weighted by Crippen LogP contribution is -2.38. The summed E-state index contributed by atoms with van der Waals surface area (Å²) in [5, 5.41) is 6.58. The molecule has 1 aliphatic heterocycles. The highest BCUT2D eigenvalue weighted by Gasteiger charge is 2.22. The standard InChI is InChI=1S/C17H24N2O/c1-12-5-3-2-4-6-16(12)19-17(20)13-7-8-14-10-18-11-15(14)9-13/h7-9,12,16,18H,2-6,10-11H2,1H3,(H,19,20). The number of hydrogen-bond acceptors (Lipinski definition) is 2. The number of carbonyl (C=O) groups is 1. The van der Waals surface area contributed by atoms with E-state index in [1.807, 2.05) is 12.1 Å². The Hall–Kier alpha value is -1.35. The molecule has 0 bridgehead atoms. The Balaban J connectivity index is 1.69. The number of benzene rings is 1. The second-order valence-corrected chi connectivity index (χ2v) is 6.28. The summed E-state index contributed by atoms with van der Waals surface area (Å²) < 4.78 is 0. The fraction of sp³-hybridized carbons (Fsp3) is 0.588. The van der Waals surface area contributed by atoms with Crippen molar-refractivity contribution in [3.63, 3.8) is 0 Å². The largest absolute Gasteiger partial charge is 0.349 e. The Kier molecular flexibility index (Phi) is 4.06. The normalized spacial score (nSPS) is 25.9. The molecule has 3 heteroatoms. The van der Waals surface area contributed by atoms with Crippen LogP contribution in [0.4, 0.5) is 0 Å². The van der Waals surface area contributed by atoms with Crippen molar-refractivity contribution in [2.45, 2.75) is 58.2 Å². The Bertz CT molecular complexity index is 498. The molecule has 20 heavy (non-hydrogen) atoms. The van der Waals surface area contributed by atoms with Crippen LogP contribution in [0.15, 0.2) is 18.2 Å². The highest BCUT2D eigenvalue weighted by molar-refractivity contribution is 5.94. The minimum atomic E-state index is 0.0958. The molecule has 0 saturated heterocycles. The molecule has 108 valence electrons. The van der Waals surface area contributed by atoms with Gasteiger partial charge in [0.05, 0.1) is 0 Å². The van der Waals surface area contributed by atoms with Gasteiger partial charge in [-0.15, -0.1) is 0 Å². The van der Waals surface area contributed by atoms with Crippen LogP contribution in [0.25, 0.3) is 0 Å². The molecule has 1 heterocycles. The van der Waals surface area contributed by atoms with E-state index >= 15 is 0 Å². The number of rotatable bonds is 2. The monoisotopic (exact) mass is 272 g/mol. The Morgan fingerprint density at radius 2 is 1.95 bits per heavy atom. The number of amides is 1. The molecule has 1 fully saturated rings. The summed E-state index contributed by atoms with van der Waals surface area (Å²) in [6, 6.07) is 6.44. The maximum Gasteiger partial charge on any atom is 0.251 e. The molecule has 1 amide bonds. The number of carbonyl (C=O) groups excluding carboxylic acids is 1. The van der Waals surface area contributed by atoms with Crippen LogP contribution in [-0.4, -0.2) is 11.9 Å². The van der Waals surface area contributed by atoms with Crippen LogP contribution in [-0.2, 0) is 13.1 Å². The van der Waals surface area contributed by atoms with Crippen LogP contribution in [0.1, 0.15) is 60.5 Å². The Morgan fingerprint density at radius 3 is 2.85 bits per heavy atom. The maximum absolute atomic E-state index is 12.4. The lowest BCUT2D eigenvalue weighted by molar-refractivity contribution is 0.0921. The van der Waals surface area contributed by atoms with Crippen LogP contribution in [0, 0.1) is 5.92 Å². The molecule has 1 aromatic rings. The molecule has 2 unspecified atom stereocenters. The van der Waals surface area contributed by atoms with Gasteiger partial charge in [0.15, 0.2) is 0 Å². The molecule has 0 radical (unpaired) electrons. The maximum atomic E-state index is 12.4. The summed E-state index contributed by atoms with van der Waals surface area (Å²) in [6.07, 6.45) is 6.21. The molecular formula is C17H24N2O. The van der Waals surface area contributed by atoms with Crippen LogP contribution in [0.3, 0.4) is 0 Å². The summed E-state index contributed by atoms with van der Waals surface area (Å²) in [4.78, 5) is 12.4. The summed E-state index contributed by atoms with van der Waals surface area (Å²) in [5.41, 5.74) is 3.40. The fourth-order valence-electron chi connectivity index (χ4n) is 3.40. The lowest BCUT2D eigenvalue weighted by Gasteiger charge is -2.23. The number of fused-ring (bicyclic) bond motifs is 1. The SMILES string of the molecule is CC1CCCCCC1NC(=O)c1ccc2c(c1)CNC2. The molecule has 0 spiro atoms. The second kappa shape index (κ2) is 5.96. The average Bonchev–Trinajstić information content (AvgIpc) is 2.83. The van der Waals surface area contributed by atoms with Gasteiger partial charge in [-0.2, -0.15) is 0 Å². The van der Waals surface area contributed by atoms with E-state index in [4.69, 9.17) is 0 Å². The number of hydrogen-bond donors (Lipinski definition) is 2. The van der Waals surface area contributed by atoms with Gasteiger partial charge in [-0.1, -0.05) is 32.3 Å². The summed E-state index contributed by atoms with van der Waals surface area (Å²) in [5.74, 6) is 0.691. The van der Waals surface area contributed by atoms with Gasteiger partial charge >= 0.3 is 0 Å². The molecule has 2 aliphatic rings. The Labute approximate surface area is 121 Å². The van der Waals surface area contributed by atoms with Crippen molar-refractivity contribution in [3.8, 4) is 0 Å². The van der Waals surface area contributed by atoms with Crippen molar-refractivity contribution in [1.29, 1.82) is 0 Å². The minimum absolute atomic E-state index is 0.0958. The van der Waals surface area contributed by atoms with Crippen molar-refractivity contribution < 1.29 is 4.79 Å². The van der Waals surface area contributed by atoms with E-state index < -0.39 is 0 Å². The zero-order valence-corrected chi connectivity index (χ0v) is 12.2. The Morgan fingerprint density at radius 1 is 1.15 bits per heavy atom. The predicted molar refractivity (Wildman–Crippen MR) is 80.5 cm³/mol. The minimum Gasteiger partial charge on any atom is -0.349 e. The van der Waals surface area contributed by atoms with Gasteiger partial charge < -0.3 is 10.6 Å². The third kappa shape index (κ3) is 2.88. The van der Waals surface area contributed by atoms with E-state index in [-0.39, 0.29) is 5.91 Å². The molecule has 2 atom stereocenters. The fourth-order valence-corrected chi connectivity index (χ4v) is 3.40. The molecule has 2 N–H and O–H groups in total. The highest BCUT2D eigenvalue weighted by Crippen LogP contribution is 2.23. The van der Waals surface area contributed by atoms with Crippen LogP contribution < -0.4 is 10.6 Å². The van der Waals surface area contributed by atoms with Crippen LogP contribution in [0.5, 0.6) is 0 Å². The van der Waals surface area contributed by atoms with Crippen LogP contribution in [0.2, 0.25) is 0 Å². The van der Waals surface area contributed by atoms with E-state index in [9.17, 15) is 4.79 Å². The van der Waals surface area contributed by atoms with Gasteiger partial charge in [0.2, 0.25) is 0 Å². The van der Waals surface area contributed by atoms with Gasteiger partial charge in [0, 0.05) is 24.7 Å². The van der Waals surface area contributed by atoms with Crippen LogP contribution >= 0.6 is 0 Å². The second-order valence-electron chi connectivity index (χ2n) is 6.28. The van der Waals surface area contributed by atoms with Crippen molar-refractivity contribution in [2.75, 3.05) is 0 Å². The molecule has 3 nitrogen and oxygen atoms in total.